The Morgan fingerprint density at radius 2 is 2.31 bits per heavy atom. The Morgan fingerprint density at radius 1 is 1.77 bits per heavy atom. The molecule has 0 spiro atoms. The Hall–Kier alpha value is -0.840. The third-order valence-corrected chi connectivity index (χ3v) is 1.97. The Morgan fingerprint density at radius 3 is 2.69 bits per heavy atom. The summed E-state index contributed by atoms with van der Waals surface area (Å²) in [6.45, 7) is 3.32. The first-order valence-electron chi connectivity index (χ1n) is 4.30. The Kier molecular flexibility index (Phi) is 2.75. The van der Waals surface area contributed by atoms with E-state index in [4.69, 9.17) is 5.11 Å². The van der Waals surface area contributed by atoms with Crippen molar-refractivity contribution in [1.82, 2.24) is 10.2 Å². The number of halogens is 1. The van der Waals surface area contributed by atoms with Gasteiger partial charge in [0.15, 0.2) is 0 Å². The molecule has 0 aromatic carbocycles. The first-order valence-corrected chi connectivity index (χ1v) is 4.30. The molecule has 13 heavy (non-hydrogen) atoms. The van der Waals surface area contributed by atoms with Crippen LogP contribution in [-0.2, 0) is 0 Å². The molecule has 0 aromatic rings. The molecule has 0 bridgehead atoms. The fourth-order valence-electron chi connectivity index (χ4n) is 1.24. The molecule has 2 N–H and O–H groups in total. The molecule has 0 aliphatic carbocycles. The molecule has 76 valence electrons. The number of likely N-dealkylation sites (tertiary alicyclic amines) is 1. The molecule has 1 saturated heterocycles. The van der Waals surface area contributed by atoms with Gasteiger partial charge in [0, 0.05) is 0 Å². The predicted octanol–water partition coefficient (Wildman–Crippen LogP) is 0.121. The second-order valence-electron chi connectivity index (χ2n) is 3.80. The van der Waals surface area contributed by atoms with Gasteiger partial charge < -0.3 is 15.3 Å². The molecular weight excluding hydrogens is 175 g/mol. The third kappa shape index (κ3) is 2.55. The van der Waals surface area contributed by atoms with Crippen molar-refractivity contribution < 1.29 is 14.3 Å². The lowest BCUT2D eigenvalue weighted by atomic mass is 10.00. The summed E-state index contributed by atoms with van der Waals surface area (Å²) in [5.41, 5.74) is -1.24. The van der Waals surface area contributed by atoms with Crippen molar-refractivity contribution in [2.75, 3.05) is 19.7 Å². The maximum absolute atomic E-state index is 13.0. The Bertz CT molecular complexity index is 200. The van der Waals surface area contributed by atoms with Gasteiger partial charge in [0.05, 0.1) is 25.7 Å². The summed E-state index contributed by atoms with van der Waals surface area (Å²) >= 11 is 0. The van der Waals surface area contributed by atoms with Crippen LogP contribution in [0.1, 0.15) is 13.8 Å². The predicted molar refractivity (Wildman–Crippen MR) is 46.2 cm³/mol. The molecular formula is C8H15FN2O2. The minimum absolute atomic E-state index is 0.105. The number of carbonyl (C=O) groups is 1. The van der Waals surface area contributed by atoms with Gasteiger partial charge in [-0.2, -0.15) is 0 Å². The van der Waals surface area contributed by atoms with E-state index in [1.165, 1.54) is 11.8 Å². The van der Waals surface area contributed by atoms with Crippen LogP contribution in [0.25, 0.3) is 0 Å². The first kappa shape index (κ1) is 10.2. The number of carbonyl (C=O) groups excluding carboxylic acids is 1. The van der Waals surface area contributed by atoms with Gasteiger partial charge in [-0.25, -0.2) is 9.18 Å². The van der Waals surface area contributed by atoms with Crippen molar-refractivity contribution in [1.29, 1.82) is 0 Å². The van der Waals surface area contributed by atoms with E-state index in [-0.39, 0.29) is 31.8 Å². The van der Waals surface area contributed by atoms with Crippen LogP contribution in [0.3, 0.4) is 0 Å². The van der Waals surface area contributed by atoms with E-state index < -0.39 is 5.67 Å². The molecule has 5 heteroatoms. The molecule has 0 radical (unpaired) electrons. The van der Waals surface area contributed by atoms with E-state index >= 15 is 0 Å². The number of hydrogen-bond acceptors (Lipinski definition) is 2. The normalized spacial score (nSPS) is 22.0. The summed E-state index contributed by atoms with van der Waals surface area (Å²) in [5.74, 6) is 0. The number of rotatable bonds is 2. The first-order chi connectivity index (χ1) is 5.94. The minimum Gasteiger partial charge on any atom is -0.394 e. The minimum atomic E-state index is -1.24. The van der Waals surface area contributed by atoms with Gasteiger partial charge in [0.1, 0.15) is 5.67 Å². The fraction of sp³-hybridized carbons (Fsp3) is 0.875. The smallest absolute Gasteiger partial charge is 0.317 e. The molecule has 1 heterocycles. The van der Waals surface area contributed by atoms with E-state index in [0.717, 1.165) is 0 Å². The number of urea groups is 1. The number of amides is 2. The Balaban J connectivity index is 2.27. The van der Waals surface area contributed by atoms with Crippen molar-refractivity contribution in [3.05, 3.63) is 0 Å². The summed E-state index contributed by atoms with van der Waals surface area (Å²) in [4.78, 5) is 12.6. The van der Waals surface area contributed by atoms with Gasteiger partial charge in [-0.1, -0.05) is 0 Å². The highest BCUT2D eigenvalue weighted by atomic mass is 19.1. The average Bonchev–Trinajstić information content (AvgIpc) is 1.99. The molecule has 1 aliphatic rings. The van der Waals surface area contributed by atoms with E-state index in [9.17, 15) is 9.18 Å². The topological polar surface area (TPSA) is 52.6 Å². The molecule has 4 nitrogen and oxygen atoms in total. The zero-order valence-electron chi connectivity index (χ0n) is 7.88. The van der Waals surface area contributed by atoms with Crippen LogP contribution in [0, 0.1) is 0 Å². The fourth-order valence-corrected chi connectivity index (χ4v) is 1.24. The van der Waals surface area contributed by atoms with Crippen molar-refractivity contribution >= 4 is 6.03 Å². The van der Waals surface area contributed by atoms with Crippen molar-refractivity contribution in [2.45, 2.75) is 25.6 Å². The van der Waals surface area contributed by atoms with Crippen LogP contribution >= 0.6 is 0 Å². The van der Waals surface area contributed by atoms with Crippen molar-refractivity contribution in [3.8, 4) is 0 Å². The Labute approximate surface area is 76.7 Å². The van der Waals surface area contributed by atoms with E-state index in [1.54, 1.807) is 6.92 Å². The van der Waals surface area contributed by atoms with E-state index in [2.05, 4.69) is 5.32 Å². The van der Waals surface area contributed by atoms with Crippen molar-refractivity contribution in [2.24, 2.45) is 0 Å². The maximum Gasteiger partial charge on any atom is 0.317 e. The highest BCUT2D eigenvalue weighted by Gasteiger charge is 2.41. The molecule has 0 saturated carbocycles. The van der Waals surface area contributed by atoms with Gasteiger partial charge in [-0.05, 0) is 13.8 Å². The summed E-state index contributed by atoms with van der Waals surface area (Å²) < 4.78 is 13.0. The summed E-state index contributed by atoms with van der Waals surface area (Å²) in [6, 6.07) is -0.587. The number of nitrogens with one attached hydrogen (secondary N) is 1. The van der Waals surface area contributed by atoms with Gasteiger partial charge in [-0.3, -0.25) is 0 Å². The maximum atomic E-state index is 13.0. The highest BCUT2D eigenvalue weighted by Crippen LogP contribution is 2.23. The zero-order valence-corrected chi connectivity index (χ0v) is 7.88. The van der Waals surface area contributed by atoms with Crippen molar-refractivity contribution in [3.63, 3.8) is 0 Å². The number of hydrogen-bond donors (Lipinski definition) is 2. The van der Waals surface area contributed by atoms with Crippen LogP contribution < -0.4 is 5.32 Å². The number of alkyl halides is 1. The molecule has 2 amide bonds. The average molecular weight is 190 g/mol. The molecule has 1 aliphatic heterocycles. The lowest BCUT2D eigenvalue weighted by Gasteiger charge is -2.42. The number of nitrogens with zero attached hydrogens (tertiary/aromatic N) is 1. The number of aliphatic hydroxyl groups excluding tert-OH is 1. The van der Waals surface area contributed by atoms with E-state index in [1.807, 2.05) is 0 Å². The summed E-state index contributed by atoms with van der Waals surface area (Å²) in [7, 11) is 0. The van der Waals surface area contributed by atoms with Crippen LogP contribution in [-0.4, -0.2) is 47.4 Å². The lowest BCUT2D eigenvalue weighted by Crippen LogP contribution is -2.62. The van der Waals surface area contributed by atoms with E-state index in [0.29, 0.717) is 0 Å². The third-order valence-electron chi connectivity index (χ3n) is 1.97. The van der Waals surface area contributed by atoms with Gasteiger partial charge >= 0.3 is 6.03 Å². The highest BCUT2D eigenvalue weighted by molar-refractivity contribution is 5.75. The van der Waals surface area contributed by atoms with Crippen LogP contribution in [0.5, 0.6) is 0 Å². The largest absolute Gasteiger partial charge is 0.394 e. The lowest BCUT2D eigenvalue weighted by molar-refractivity contribution is 0.00890. The standard InChI is InChI=1S/C8H15FN2O2/c1-6(3-12)10-7(13)11-4-8(2,9)5-11/h6,12H,3-5H2,1-2H3,(H,10,13)/t6-/m0/s1. The van der Waals surface area contributed by atoms with Crippen LogP contribution in [0.2, 0.25) is 0 Å². The molecule has 1 atom stereocenters. The second kappa shape index (κ2) is 3.49. The molecule has 1 rings (SSSR count). The van der Waals surface area contributed by atoms with Gasteiger partial charge in [-0.15, -0.1) is 0 Å². The summed E-state index contributed by atoms with van der Waals surface area (Å²) in [6.07, 6.45) is 0. The van der Waals surface area contributed by atoms with Gasteiger partial charge in [0.2, 0.25) is 0 Å². The SMILES string of the molecule is C[C@@H](CO)NC(=O)N1CC(C)(F)C1. The second-order valence-corrected chi connectivity index (χ2v) is 3.80. The molecule has 0 unspecified atom stereocenters. The zero-order chi connectivity index (χ0) is 10.1. The molecule has 0 aromatic heterocycles. The molecule has 1 fully saturated rings. The quantitative estimate of drug-likeness (QED) is 0.650. The van der Waals surface area contributed by atoms with Crippen LogP contribution in [0.4, 0.5) is 9.18 Å². The van der Waals surface area contributed by atoms with Crippen LogP contribution in [0.15, 0.2) is 0 Å². The number of aliphatic hydroxyl groups is 1. The monoisotopic (exact) mass is 190 g/mol. The van der Waals surface area contributed by atoms with Gasteiger partial charge in [0.25, 0.3) is 0 Å². The summed E-state index contributed by atoms with van der Waals surface area (Å²) in [5, 5.41) is 11.2.